The van der Waals surface area contributed by atoms with Gasteiger partial charge in [-0.1, -0.05) is 41.3 Å². The van der Waals surface area contributed by atoms with Crippen LogP contribution in [-0.4, -0.2) is 11.2 Å². The molecule has 1 aromatic carbocycles. The number of hydrogen-bond acceptors (Lipinski definition) is 2. The van der Waals surface area contributed by atoms with Crippen molar-refractivity contribution in [3.05, 3.63) is 34.1 Å². The first kappa shape index (κ1) is 14.0. The van der Waals surface area contributed by atoms with E-state index in [1.54, 1.807) is 12.1 Å². The fraction of sp³-hybridized carbons (Fsp3) is 0.571. The standard InChI is InChI=1S/C14H19BrFNO/c15-10-7-4-8-11(16)12(10)13(17)14(18)9-5-2-1-3-6-9/h4,7-9,13-14,18H,1-3,5-6,17H2/t13-,14+/m0/s1. The van der Waals surface area contributed by atoms with Gasteiger partial charge >= 0.3 is 0 Å². The Morgan fingerprint density at radius 3 is 2.56 bits per heavy atom. The molecule has 1 fully saturated rings. The second kappa shape index (κ2) is 6.13. The highest BCUT2D eigenvalue weighted by molar-refractivity contribution is 9.10. The minimum Gasteiger partial charge on any atom is -0.391 e. The molecule has 1 aromatic rings. The predicted octanol–water partition coefficient (Wildman–Crippen LogP) is 3.53. The Morgan fingerprint density at radius 1 is 1.28 bits per heavy atom. The molecule has 3 N–H and O–H groups in total. The van der Waals surface area contributed by atoms with Crippen LogP contribution in [0.25, 0.3) is 0 Å². The van der Waals surface area contributed by atoms with Gasteiger partial charge in [-0.05, 0) is 30.9 Å². The van der Waals surface area contributed by atoms with Gasteiger partial charge in [-0.3, -0.25) is 0 Å². The molecule has 0 spiro atoms. The van der Waals surface area contributed by atoms with Gasteiger partial charge in [0.2, 0.25) is 0 Å². The third kappa shape index (κ3) is 2.92. The lowest BCUT2D eigenvalue weighted by Gasteiger charge is -2.31. The fourth-order valence-corrected chi connectivity index (χ4v) is 3.38. The molecule has 2 atom stereocenters. The van der Waals surface area contributed by atoms with Crippen LogP contribution in [-0.2, 0) is 0 Å². The van der Waals surface area contributed by atoms with Crippen LogP contribution in [0.1, 0.15) is 43.7 Å². The number of nitrogens with two attached hydrogens (primary N) is 1. The first-order valence-corrected chi connectivity index (χ1v) is 7.28. The summed E-state index contributed by atoms with van der Waals surface area (Å²) >= 11 is 3.31. The summed E-state index contributed by atoms with van der Waals surface area (Å²) in [7, 11) is 0. The van der Waals surface area contributed by atoms with Gasteiger partial charge in [-0.2, -0.15) is 0 Å². The van der Waals surface area contributed by atoms with Crippen molar-refractivity contribution in [2.45, 2.75) is 44.2 Å². The SMILES string of the molecule is N[C@@H](c1c(F)cccc1Br)[C@H](O)C1CCCCC1. The van der Waals surface area contributed by atoms with E-state index in [1.807, 2.05) is 0 Å². The van der Waals surface area contributed by atoms with Crippen LogP contribution >= 0.6 is 15.9 Å². The molecule has 2 nitrogen and oxygen atoms in total. The lowest BCUT2D eigenvalue weighted by Crippen LogP contribution is -2.35. The van der Waals surface area contributed by atoms with E-state index in [0.29, 0.717) is 10.0 Å². The minimum absolute atomic E-state index is 0.195. The zero-order chi connectivity index (χ0) is 13.1. The van der Waals surface area contributed by atoms with Crippen molar-refractivity contribution in [2.24, 2.45) is 11.7 Å². The van der Waals surface area contributed by atoms with Crippen LogP contribution in [0.15, 0.2) is 22.7 Å². The lowest BCUT2D eigenvalue weighted by molar-refractivity contribution is 0.0606. The van der Waals surface area contributed by atoms with Gasteiger partial charge in [0.1, 0.15) is 5.82 Å². The molecule has 0 aromatic heterocycles. The van der Waals surface area contributed by atoms with E-state index < -0.39 is 12.1 Å². The molecular weight excluding hydrogens is 297 g/mol. The summed E-state index contributed by atoms with van der Waals surface area (Å²) in [6.07, 6.45) is 4.79. The Kier molecular flexibility index (Phi) is 4.76. The van der Waals surface area contributed by atoms with Gasteiger partial charge in [0.05, 0.1) is 12.1 Å². The van der Waals surface area contributed by atoms with Crippen molar-refractivity contribution in [3.63, 3.8) is 0 Å². The Morgan fingerprint density at radius 2 is 1.94 bits per heavy atom. The molecule has 1 saturated carbocycles. The van der Waals surface area contributed by atoms with Crippen LogP contribution in [0.4, 0.5) is 4.39 Å². The summed E-state index contributed by atoms with van der Waals surface area (Å²) < 4.78 is 14.4. The summed E-state index contributed by atoms with van der Waals surface area (Å²) in [6, 6.07) is 4.10. The van der Waals surface area contributed by atoms with Crippen LogP contribution in [0.5, 0.6) is 0 Å². The molecule has 0 heterocycles. The molecule has 18 heavy (non-hydrogen) atoms. The summed E-state index contributed by atoms with van der Waals surface area (Å²) in [5.74, 6) is -0.160. The molecule has 4 heteroatoms. The van der Waals surface area contributed by atoms with E-state index in [4.69, 9.17) is 5.73 Å². The van der Waals surface area contributed by atoms with Gasteiger partial charge in [0.15, 0.2) is 0 Å². The molecular formula is C14H19BrFNO. The molecule has 1 aliphatic carbocycles. The normalized spacial score (nSPS) is 20.7. The number of aliphatic hydroxyl groups excluding tert-OH is 1. The third-order valence-electron chi connectivity index (χ3n) is 3.83. The van der Waals surface area contributed by atoms with Gasteiger partial charge < -0.3 is 10.8 Å². The monoisotopic (exact) mass is 315 g/mol. The highest BCUT2D eigenvalue weighted by atomic mass is 79.9. The minimum atomic E-state index is -0.668. The van der Waals surface area contributed by atoms with Crippen molar-refractivity contribution in [2.75, 3.05) is 0 Å². The highest BCUT2D eigenvalue weighted by Gasteiger charge is 2.30. The molecule has 100 valence electrons. The molecule has 0 bridgehead atoms. The van der Waals surface area contributed by atoms with Crippen molar-refractivity contribution >= 4 is 15.9 Å². The van der Waals surface area contributed by atoms with E-state index in [1.165, 1.54) is 12.5 Å². The van der Waals surface area contributed by atoms with Gasteiger partial charge in [-0.25, -0.2) is 4.39 Å². The molecule has 0 amide bonds. The number of benzene rings is 1. The molecule has 0 radical (unpaired) electrons. The zero-order valence-corrected chi connectivity index (χ0v) is 11.9. The van der Waals surface area contributed by atoms with Crippen LogP contribution in [0.2, 0.25) is 0 Å². The Balaban J connectivity index is 2.16. The molecule has 0 unspecified atom stereocenters. The van der Waals surface area contributed by atoms with E-state index in [0.717, 1.165) is 25.7 Å². The second-order valence-electron chi connectivity index (χ2n) is 5.05. The molecule has 2 rings (SSSR count). The van der Waals surface area contributed by atoms with Gasteiger partial charge in [0.25, 0.3) is 0 Å². The van der Waals surface area contributed by atoms with E-state index >= 15 is 0 Å². The van der Waals surface area contributed by atoms with Crippen molar-refractivity contribution in [1.29, 1.82) is 0 Å². The number of halogens is 2. The quantitative estimate of drug-likeness (QED) is 0.896. The topological polar surface area (TPSA) is 46.2 Å². The van der Waals surface area contributed by atoms with Crippen LogP contribution in [0.3, 0.4) is 0 Å². The van der Waals surface area contributed by atoms with Crippen molar-refractivity contribution in [3.8, 4) is 0 Å². The van der Waals surface area contributed by atoms with Crippen LogP contribution in [0, 0.1) is 11.7 Å². The van der Waals surface area contributed by atoms with E-state index in [2.05, 4.69) is 15.9 Å². The number of aliphatic hydroxyl groups is 1. The summed E-state index contributed by atoms with van der Waals surface area (Å²) in [5.41, 5.74) is 6.44. The second-order valence-corrected chi connectivity index (χ2v) is 5.90. The average Bonchev–Trinajstić information content (AvgIpc) is 2.38. The third-order valence-corrected chi connectivity index (χ3v) is 4.53. The largest absolute Gasteiger partial charge is 0.391 e. The Bertz CT molecular complexity index is 387. The lowest BCUT2D eigenvalue weighted by atomic mass is 9.81. The molecule has 1 aliphatic rings. The Hall–Kier alpha value is -0.450. The van der Waals surface area contributed by atoms with Crippen molar-refractivity contribution < 1.29 is 9.50 Å². The van der Waals surface area contributed by atoms with E-state index in [9.17, 15) is 9.50 Å². The predicted molar refractivity (Wildman–Crippen MR) is 73.6 cm³/mol. The molecule has 0 aliphatic heterocycles. The summed E-state index contributed by atoms with van der Waals surface area (Å²) in [6.45, 7) is 0. The van der Waals surface area contributed by atoms with Crippen molar-refractivity contribution in [1.82, 2.24) is 0 Å². The number of rotatable bonds is 3. The van der Waals surface area contributed by atoms with Crippen LogP contribution < -0.4 is 5.73 Å². The molecule has 0 saturated heterocycles. The average molecular weight is 316 g/mol. The van der Waals surface area contributed by atoms with Gasteiger partial charge in [-0.15, -0.1) is 0 Å². The fourth-order valence-electron chi connectivity index (χ4n) is 2.77. The maximum atomic E-state index is 13.8. The number of hydrogen-bond donors (Lipinski definition) is 2. The smallest absolute Gasteiger partial charge is 0.129 e. The van der Waals surface area contributed by atoms with Gasteiger partial charge in [0, 0.05) is 10.0 Å². The maximum Gasteiger partial charge on any atom is 0.129 e. The first-order chi connectivity index (χ1) is 8.61. The maximum absolute atomic E-state index is 13.8. The highest BCUT2D eigenvalue weighted by Crippen LogP contribution is 2.34. The first-order valence-electron chi connectivity index (χ1n) is 6.49. The van der Waals surface area contributed by atoms with E-state index in [-0.39, 0.29) is 11.7 Å². The Labute approximate surface area is 116 Å². The summed E-state index contributed by atoms with van der Waals surface area (Å²) in [5, 5.41) is 10.3. The zero-order valence-electron chi connectivity index (χ0n) is 10.3. The summed E-state index contributed by atoms with van der Waals surface area (Å²) in [4.78, 5) is 0.